The van der Waals surface area contributed by atoms with Crippen LogP contribution in [0.15, 0.2) is 78.9 Å². The maximum Gasteiger partial charge on any atom is 0.261 e. The second-order valence-corrected chi connectivity index (χ2v) is 7.17. The van der Waals surface area contributed by atoms with Gasteiger partial charge >= 0.3 is 0 Å². The molecule has 0 bridgehead atoms. The Balaban J connectivity index is 1.46. The molecule has 3 aromatic rings. The van der Waals surface area contributed by atoms with Gasteiger partial charge in [-0.1, -0.05) is 60.7 Å². The number of amides is 1. The highest BCUT2D eigenvalue weighted by Crippen LogP contribution is 2.33. The summed E-state index contributed by atoms with van der Waals surface area (Å²) >= 11 is 0. The fraction of sp³-hybridized carbons (Fsp3) is 0.240. The van der Waals surface area contributed by atoms with Crippen LogP contribution in [0.2, 0.25) is 0 Å². The van der Waals surface area contributed by atoms with E-state index >= 15 is 0 Å². The molecule has 4 heteroatoms. The van der Waals surface area contributed by atoms with Gasteiger partial charge in [0.2, 0.25) is 0 Å². The minimum absolute atomic E-state index is 0.0196. The summed E-state index contributed by atoms with van der Waals surface area (Å²) in [6.45, 7) is 0.801. The summed E-state index contributed by atoms with van der Waals surface area (Å²) in [5.41, 5.74) is 3.21. The second-order valence-electron chi connectivity index (χ2n) is 7.17. The molecular formula is C25H25NO3. The first-order chi connectivity index (χ1) is 14.3. The third-order valence-electron chi connectivity index (χ3n) is 5.40. The lowest BCUT2D eigenvalue weighted by Crippen LogP contribution is -2.34. The number of hydrogen-bond donors (Lipinski definition) is 0. The minimum atomic E-state index is 0.0196. The van der Waals surface area contributed by atoms with Crippen LogP contribution in [0.1, 0.15) is 24.4 Å². The van der Waals surface area contributed by atoms with Gasteiger partial charge in [-0.15, -0.1) is 0 Å². The summed E-state index contributed by atoms with van der Waals surface area (Å²) < 4.78 is 11.2. The number of carbonyl (C=O) groups excluding carboxylic acids is 1. The number of nitrogens with zero attached hydrogens (tertiary/aromatic N) is 1. The van der Waals surface area contributed by atoms with Crippen LogP contribution >= 0.6 is 0 Å². The summed E-state index contributed by atoms with van der Waals surface area (Å²) in [7, 11) is 1.66. The average molecular weight is 387 g/mol. The topological polar surface area (TPSA) is 38.8 Å². The number of rotatable bonds is 6. The summed E-state index contributed by atoms with van der Waals surface area (Å²) in [5.74, 6) is 1.57. The van der Waals surface area contributed by atoms with Gasteiger partial charge in [0, 0.05) is 12.1 Å². The van der Waals surface area contributed by atoms with Crippen molar-refractivity contribution >= 4 is 5.91 Å². The molecule has 1 amide bonds. The van der Waals surface area contributed by atoms with Crippen molar-refractivity contribution in [2.75, 3.05) is 20.3 Å². The Kier molecular flexibility index (Phi) is 5.80. The van der Waals surface area contributed by atoms with Crippen LogP contribution in [0.25, 0.3) is 11.1 Å². The molecule has 1 aliphatic heterocycles. The maximum absolute atomic E-state index is 12.9. The van der Waals surface area contributed by atoms with Gasteiger partial charge in [-0.25, -0.2) is 0 Å². The Hall–Kier alpha value is -3.27. The molecule has 1 atom stereocenters. The van der Waals surface area contributed by atoms with E-state index in [1.165, 1.54) is 0 Å². The molecule has 1 fully saturated rings. The van der Waals surface area contributed by atoms with Gasteiger partial charge < -0.3 is 14.4 Å². The Labute approximate surface area is 171 Å². The first kappa shape index (κ1) is 19.1. The molecule has 0 spiro atoms. The van der Waals surface area contributed by atoms with Crippen LogP contribution in [0, 0.1) is 0 Å². The average Bonchev–Trinajstić information content (AvgIpc) is 3.28. The zero-order chi connectivity index (χ0) is 20.1. The molecular weight excluding hydrogens is 362 g/mol. The predicted molar refractivity (Wildman–Crippen MR) is 114 cm³/mol. The van der Waals surface area contributed by atoms with Crippen molar-refractivity contribution in [2.24, 2.45) is 0 Å². The molecule has 1 aliphatic rings. The molecule has 3 aromatic carbocycles. The van der Waals surface area contributed by atoms with Gasteiger partial charge in [-0.2, -0.15) is 0 Å². The minimum Gasteiger partial charge on any atom is -0.497 e. The lowest BCUT2D eigenvalue weighted by atomic mass is 10.0. The third kappa shape index (κ3) is 4.27. The molecule has 4 rings (SSSR count). The Morgan fingerprint density at radius 3 is 2.45 bits per heavy atom. The number of carbonyl (C=O) groups is 1. The number of hydrogen-bond acceptors (Lipinski definition) is 3. The monoisotopic (exact) mass is 387 g/mol. The van der Waals surface area contributed by atoms with Crippen molar-refractivity contribution in [2.45, 2.75) is 18.9 Å². The van der Waals surface area contributed by atoms with Gasteiger partial charge in [0.1, 0.15) is 11.5 Å². The van der Waals surface area contributed by atoms with Crippen LogP contribution < -0.4 is 9.47 Å². The smallest absolute Gasteiger partial charge is 0.261 e. The summed E-state index contributed by atoms with van der Waals surface area (Å²) in [6, 6.07) is 26.0. The Morgan fingerprint density at radius 2 is 1.69 bits per heavy atom. The SMILES string of the molecule is COc1ccc([C@@H]2CCCN2C(=O)COc2ccccc2-c2ccccc2)cc1. The molecule has 0 radical (unpaired) electrons. The van der Waals surface area contributed by atoms with Gasteiger partial charge in [0.15, 0.2) is 6.61 Å². The molecule has 4 nitrogen and oxygen atoms in total. The van der Waals surface area contributed by atoms with E-state index in [2.05, 4.69) is 0 Å². The molecule has 1 saturated heterocycles. The molecule has 29 heavy (non-hydrogen) atoms. The number of methoxy groups -OCH3 is 1. The van der Waals surface area contributed by atoms with Crippen molar-refractivity contribution in [3.8, 4) is 22.6 Å². The highest BCUT2D eigenvalue weighted by molar-refractivity contribution is 5.79. The van der Waals surface area contributed by atoms with Crippen LogP contribution in [-0.2, 0) is 4.79 Å². The number of benzene rings is 3. The zero-order valence-corrected chi connectivity index (χ0v) is 16.6. The van der Waals surface area contributed by atoms with E-state index in [1.807, 2.05) is 83.8 Å². The summed E-state index contributed by atoms with van der Waals surface area (Å²) in [6.07, 6.45) is 1.97. The molecule has 0 aromatic heterocycles. The van der Waals surface area contributed by atoms with E-state index in [4.69, 9.17) is 9.47 Å². The molecule has 0 aliphatic carbocycles. The Bertz CT molecular complexity index is 953. The van der Waals surface area contributed by atoms with E-state index < -0.39 is 0 Å². The highest BCUT2D eigenvalue weighted by Gasteiger charge is 2.30. The lowest BCUT2D eigenvalue weighted by Gasteiger charge is -2.25. The fourth-order valence-electron chi connectivity index (χ4n) is 3.91. The van der Waals surface area contributed by atoms with E-state index in [-0.39, 0.29) is 18.6 Å². The van der Waals surface area contributed by atoms with Gasteiger partial charge in [-0.3, -0.25) is 4.79 Å². The standard InChI is InChI=1S/C25H25NO3/c1-28-21-15-13-20(14-16-21)23-11-7-17-26(23)25(27)18-29-24-12-6-5-10-22(24)19-8-3-2-4-9-19/h2-6,8-10,12-16,23H,7,11,17-18H2,1H3/t23-/m0/s1. The van der Waals surface area contributed by atoms with Crippen molar-refractivity contribution in [3.63, 3.8) is 0 Å². The van der Waals surface area contributed by atoms with E-state index in [0.29, 0.717) is 0 Å². The molecule has 0 N–H and O–H groups in total. The van der Waals surface area contributed by atoms with E-state index in [0.717, 1.165) is 47.6 Å². The summed E-state index contributed by atoms with van der Waals surface area (Å²) in [5, 5.41) is 0. The van der Waals surface area contributed by atoms with Crippen LogP contribution in [0.3, 0.4) is 0 Å². The predicted octanol–water partition coefficient (Wildman–Crippen LogP) is 5.10. The lowest BCUT2D eigenvalue weighted by molar-refractivity contribution is -0.134. The molecule has 0 saturated carbocycles. The van der Waals surface area contributed by atoms with Crippen LogP contribution in [0.5, 0.6) is 11.5 Å². The van der Waals surface area contributed by atoms with Crippen molar-refractivity contribution in [1.82, 2.24) is 4.90 Å². The van der Waals surface area contributed by atoms with Crippen molar-refractivity contribution < 1.29 is 14.3 Å². The second kappa shape index (κ2) is 8.82. The fourth-order valence-corrected chi connectivity index (χ4v) is 3.91. The van der Waals surface area contributed by atoms with Gasteiger partial charge in [-0.05, 0) is 42.2 Å². The molecule has 148 valence electrons. The molecule has 1 heterocycles. The Morgan fingerprint density at radius 1 is 0.966 bits per heavy atom. The number of likely N-dealkylation sites (tertiary alicyclic amines) is 1. The largest absolute Gasteiger partial charge is 0.497 e. The van der Waals surface area contributed by atoms with Crippen LogP contribution in [0.4, 0.5) is 0 Å². The van der Waals surface area contributed by atoms with Crippen molar-refractivity contribution in [1.29, 1.82) is 0 Å². The summed E-state index contributed by atoms with van der Waals surface area (Å²) in [4.78, 5) is 14.9. The van der Waals surface area contributed by atoms with Crippen molar-refractivity contribution in [3.05, 3.63) is 84.4 Å². The first-order valence-corrected chi connectivity index (χ1v) is 9.97. The normalized spacial score (nSPS) is 15.9. The highest BCUT2D eigenvalue weighted by atomic mass is 16.5. The number of para-hydroxylation sites is 1. The zero-order valence-electron chi connectivity index (χ0n) is 16.6. The van der Waals surface area contributed by atoms with Gasteiger partial charge in [0.05, 0.1) is 13.2 Å². The van der Waals surface area contributed by atoms with E-state index in [1.54, 1.807) is 7.11 Å². The molecule has 0 unspecified atom stereocenters. The van der Waals surface area contributed by atoms with E-state index in [9.17, 15) is 4.79 Å². The van der Waals surface area contributed by atoms with Crippen LogP contribution in [-0.4, -0.2) is 31.1 Å². The van der Waals surface area contributed by atoms with Gasteiger partial charge in [0.25, 0.3) is 5.91 Å². The number of ether oxygens (including phenoxy) is 2. The third-order valence-corrected chi connectivity index (χ3v) is 5.40. The first-order valence-electron chi connectivity index (χ1n) is 9.97. The quantitative estimate of drug-likeness (QED) is 0.590. The maximum atomic E-state index is 12.9.